The third kappa shape index (κ3) is 2.81. The Morgan fingerprint density at radius 3 is 2.54 bits per heavy atom. The van der Waals surface area contributed by atoms with Crippen molar-refractivity contribution in [3.63, 3.8) is 0 Å². The van der Waals surface area contributed by atoms with Gasteiger partial charge in [0.15, 0.2) is 11.5 Å². The van der Waals surface area contributed by atoms with Crippen LogP contribution in [0, 0.1) is 5.82 Å². The zero-order valence-electron chi connectivity index (χ0n) is 14.4. The van der Waals surface area contributed by atoms with Crippen LogP contribution in [0.25, 0.3) is 0 Å². The molecule has 1 aliphatic heterocycles. The van der Waals surface area contributed by atoms with Crippen LogP contribution in [0.4, 0.5) is 10.3 Å². The number of ether oxygens (including phenoxy) is 2. The zero-order chi connectivity index (χ0) is 18.1. The second kappa shape index (κ2) is 6.59. The fourth-order valence-corrected chi connectivity index (χ4v) is 3.15. The second-order valence-electron chi connectivity index (χ2n) is 5.94. The molecule has 1 aliphatic rings. The van der Waals surface area contributed by atoms with Crippen LogP contribution in [0.1, 0.15) is 23.6 Å². The lowest BCUT2D eigenvalue weighted by Gasteiger charge is -2.25. The SMILES string of the molecule is COc1ccc(C2CC(c3ccc(F)cc3)=Nc3nncn32)cc1OC. The van der Waals surface area contributed by atoms with E-state index in [0.29, 0.717) is 23.9 Å². The Hall–Kier alpha value is -3.22. The summed E-state index contributed by atoms with van der Waals surface area (Å²) in [6.45, 7) is 0. The number of hydrogen-bond donors (Lipinski definition) is 0. The molecule has 3 aromatic rings. The normalized spacial score (nSPS) is 16.0. The molecule has 0 radical (unpaired) electrons. The summed E-state index contributed by atoms with van der Waals surface area (Å²) in [6.07, 6.45) is 2.30. The Morgan fingerprint density at radius 1 is 1.04 bits per heavy atom. The van der Waals surface area contributed by atoms with Crippen LogP contribution < -0.4 is 9.47 Å². The van der Waals surface area contributed by atoms with Crippen molar-refractivity contribution in [2.45, 2.75) is 12.5 Å². The van der Waals surface area contributed by atoms with Crippen molar-refractivity contribution < 1.29 is 13.9 Å². The molecule has 2 heterocycles. The van der Waals surface area contributed by atoms with Gasteiger partial charge in [-0.1, -0.05) is 18.2 Å². The Morgan fingerprint density at radius 2 is 1.81 bits per heavy atom. The Kier molecular flexibility index (Phi) is 4.12. The molecule has 1 unspecified atom stereocenters. The maximum Gasteiger partial charge on any atom is 0.251 e. The van der Waals surface area contributed by atoms with Gasteiger partial charge in [0.05, 0.1) is 26.0 Å². The molecular formula is C19H17FN4O2. The first-order chi connectivity index (χ1) is 12.7. The molecule has 0 saturated heterocycles. The van der Waals surface area contributed by atoms with Crippen molar-refractivity contribution in [2.75, 3.05) is 14.2 Å². The first kappa shape index (κ1) is 16.3. The van der Waals surface area contributed by atoms with E-state index in [9.17, 15) is 4.39 Å². The predicted octanol–water partition coefficient (Wildman–Crippen LogP) is 3.55. The quantitative estimate of drug-likeness (QED) is 0.720. The Balaban J connectivity index is 1.76. The molecule has 0 amide bonds. The van der Waals surface area contributed by atoms with E-state index in [0.717, 1.165) is 16.8 Å². The lowest BCUT2D eigenvalue weighted by molar-refractivity contribution is 0.354. The topological polar surface area (TPSA) is 61.5 Å². The third-order valence-electron chi connectivity index (χ3n) is 4.48. The summed E-state index contributed by atoms with van der Waals surface area (Å²) >= 11 is 0. The Labute approximate surface area is 149 Å². The first-order valence-corrected chi connectivity index (χ1v) is 8.14. The van der Waals surface area contributed by atoms with Gasteiger partial charge in [-0.25, -0.2) is 9.38 Å². The van der Waals surface area contributed by atoms with Crippen molar-refractivity contribution >= 4 is 11.7 Å². The van der Waals surface area contributed by atoms with Gasteiger partial charge in [-0.2, -0.15) is 0 Å². The van der Waals surface area contributed by atoms with Crippen molar-refractivity contribution in [3.05, 3.63) is 65.7 Å². The average molecular weight is 352 g/mol. The van der Waals surface area contributed by atoms with E-state index >= 15 is 0 Å². The summed E-state index contributed by atoms with van der Waals surface area (Å²) in [4.78, 5) is 4.58. The fourth-order valence-electron chi connectivity index (χ4n) is 3.15. The molecule has 0 bridgehead atoms. The van der Waals surface area contributed by atoms with E-state index in [2.05, 4.69) is 15.2 Å². The molecule has 1 atom stereocenters. The second-order valence-corrected chi connectivity index (χ2v) is 5.94. The molecule has 0 aliphatic carbocycles. The Bertz CT molecular complexity index is 966. The van der Waals surface area contributed by atoms with E-state index < -0.39 is 0 Å². The molecule has 1 aromatic heterocycles. The number of rotatable bonds is 4. The number of halogens is 1. The molecule has 7 heteroatoms. The van der Waals surface area contributed by atoms with E-state index in [-0.39, 0.29) is 11.9 Å². The number of aliphatic imine (C=N–C) groups is 1. The van der Waals surface area contributed by atoms with Crippen LogP contribution in [0.15, 0.2) is 53.8 Å². The number of fused-ring (bicyclic) bond motifs is 1. The minimum atomic E-state index is -0.273. The number of benzene rings is 2. The highest BCUT2D eigenvalue weighted by Crippen LogP contribution is 2.36. The average Bonchev–Trinajstić information content (AvgIpc) is 3.16. The largest absolute Gasteiger partial charge is 0.493 e. The summed E-state index contributed by atoms with van der Waals surface area (Å²) in [5.74, 6) is 1.58. The first-order valence-electron chi connectivity index (χ1n) is 8.14. The molecule has 26 heavy (non-hydrogen) atoms. The fraction of sp³-hybridized carbons (Fsp3) is 0.211. The summed E-state index contributed by atoms with van der Waals surface area (Å²) in [5, 5.41) is 8.09. The number of aromatic nitrogens is 3. The van der Waals surface area contributed by atoms with Crippen LogP contribution in [0.2, 0.25) is 0 Å². The molecule has 6 nitrogen and oxygen atoms in total. The van der Waals surface area contributed by atoms with E-state index in [4.69, 9.17) is 9.47 Å². The van der Waals surface area contributed by atoms with Crippen LogP contribution >= 0.6 is 0 Å². The van der Waals surface area contributed by atoms with Crippen molar-refractivity contribution in [2.24, 2.45) is 4.99 Å². The van der Waals surface area contributed by atoms with Crippen LogP contribution in [0.3, 0.4) is 0 Å². The van der Waals surface area contributed by atoms with E-state index in [1.54, 1.807) is 32.7 Å². The summed E-state index contributed by atoms with van der Waals surface area (Å²) < 4.78 is 25.9. The number of nitrogens with zero attached hydrogens (tertiary/aromatic N) is 4. The maximum atomic E-state index is 13.2. The van der Waals surface area contributed by atoms with Gasteiger partial charge in [0.1, 0.15) is 12.1 Å². The predicted molar refractivity (Wildman–Crippen MR) is 94.9 cm³/mol. The van der Waals surface area contributed by atoms with Gasteiger partial charge in [0.2, 0.25) is 0 Å². The van der Waals surface area contributed by atoms with Crippen LogP contribution in [-0.4, -0.2) is 34.7 Å². The van der Waals surface area contributed by atoms with E-state index in [1.807, 2.05) is 22.8 Å². The van der Waals surface area contributed by atoms with Crippen LogP contribution in [0.5, 0.6) is 11.5 Å². The molecule has 0 fully saturated rings. The monoisotopic (exact) mass is 352 g/mol. The van der Waals surface area contributed by atoms with Crippen LogP contribution in [-0.2, 0) is 0 Å². The van der Waals surface area contributed by atoms with Gasteiger partial charge in [0, 0.05) is 6.42 Å². The van der Waals surface area contributed by atoms with Crippen molar-refractivity contribution in [3.8, 4) is 11.5 Å². The number of hydrogen-bond acceptors (Lipinski definition) is 5. The maximum absolute atomic E-state index is 13.2. The van der Waals surface area contributed by atoms with Gasteiger partial charge in [-0.15, -0.1) is 10.2 Å². The van der Waals surface area contributed by atoms with Gasteiger partial charge in [0.25, 0.3) is 5.95 Å². The molecule has 4 rings (SSSR count). The number of methoxy groups -OCH3 is 2. The van der Waals surface area contributed by atoms with Gasteiger partial charge in [-0.05, 0) is 35.4 Å². The molecule has 132 valence electrons. The highest BCUT2D eigenvalue weighted by atomic mass is 19.1. The van der Waals surface area contributed by atoms with Gasteiger partial charge in [-0.3, -0.25) is 4.57 Å². The van der Waals surface area contributed by atoms with Gasteiger partial charge < -0.3 is 9.47 Å². The molecule has 2 aromatic carbocycles. The lowest BCUT2D eigenvalue weighted by atomic mass is 9.95. The van der Waals surface area contributed by atoms with E-state index in [1.165, 1.54) is 12.1 Å². The minimum Gasteiger partial charge on any atom is -0.493 e. The summed E-state index contributed by atoms with van der Waals surface area (Å²) in [6, 6.07) is 12.1. The zero-order valence-corrected chi connectivity index (χ0v) is 14.4. The third-order valence-corrected chi connectivity index (χ3v) is 4.48. The van der Waals surface area contributed by atoms with Crippen molar-refractivity contribution in [1.29, 1.82) is 0 Å². The summed E-state index contributed by atoms with van der Waals surface area (Å²) in [7, 11) is 3.22. The highest BCUT2D eigenvalue weighted by Gasteiger charge is 2.26. The molecule has 0 spiro atoms. The standard InChI is InChI=1S/C19H17FN4O2/c1-25-17-8-5-13(9-18(17)26-2)16-10-15(12-3-6-14(20)7-4-12)22-19-23-21-11-24(16)19/h3-9,11,16H,10H2,1-2H3. The molecule has 0 saturated carbocycles. The van der Waals surface area contributed by atoms with Gasteiger partial charge >= 0.3 is 0 Å². The highest BCUT2D eigenvalue weighted by molar-refractivity contribution is 6.02. The summed E-state index contributed by atoms with van der Waals surface area (Å²) in [5.41, 5.74) is 2.73. The minimum absolute atomic E-state index is 0.0441. The lowest BCUT2D eigenvalue weighted by Crippen LogP contribution is -2.20. The molecule has 0 N–H and O–H groups in total. The smallest absolute Gasteiger partial charge is 0.251 e. The van der Waals surface area contributed by atoms with Crippen molar-refractivity contribution in [1.82, 2.24) is 14.8 Å². The molecular weight excluding hydrogens is 335 g/mol.